The predicted molar refractivity (Wildman–Crippen MR) is 88.3 cm³/mol. The molecule has 0 bridgehead atoms. The van der Waals surface area contributed by atoms with Gasteiger partial charge in [-0.1, -0.05) is 23.2 Å². The molecule has 0 spiro atoms. The first-order chi connectivity index (χ1) is 10.9. The van der Waals surface area contributed by atoms with Gasteiger partial charge in [0.2, 0.25) is 5.91 Å². The number of hydrogen-bond donors (Lipinski definition) is 2. The second-order valence-corrected chi connectivity index (χ2v) is 5.56. The number of benzene rings is 1. The first-order valence-corrected chi connectivity index (χ1v) is 7.68. The molecule has 0 aliphatic rings. The van der Waals surface area contributed by atoms with Crippen molar-refractivity contribution >= 4 is 40.8 Å². The maximum absolute atomic E-state index is 12.2. The van der Waals surface area contributed by atoms with Crippen LogP contribution in [-0.2, 0) is 9.59 Å². The molecule has 1 rings (SSSR count). The Morgan fingerprint density at radius 1 is 1.04 bits per heavy atom. The highest BCUT2D eigenvalue weighted by molar-refractivity contribution is 6.37. The van der Waals surface area contributed by atoms with E-state index in [4.69, 9.17) is 27.9 Å². The second kappa shape index (κ2) is 9.37. The molecule has 0 atom stereocenters. The molecule has 23 heavy (non-hydrogen) atoms. The lowest BCUT2D eigenvalue weighted by molar-refractivity contribution is -0.124. The van der Waals surface area contributed by atoms with E-state index in [9.17, 15) is 14.4 Å². The Morgan fingerprint density at radius 2 is 1.65 bits per heavy atom. The number of rotatable bonds is 8. The average molecular weight is 361 g/mol. The topological polar surface area (TPSA) is 84.5 Å². The van der Waals surface area contributed by atoms with Crippen LogP contribution in [0.1, 0.15) is 30.1 Å². The van der Waals surface area contributed by atoms with E-state index >= 15 is 0 Å². The molecule has 2 amide bonds. The minimum absolute atomic E-state index is 0.0452. The van der Waals surface area contributed by atoms with E-state index in [-0.39, 0.29) is 59.0 Å². The van der Waals surface area contributed by atoms with E-state index in [0.717, 1.165) is 0 Å². The van der Waals surface area contributed by atoms with Crippen molar-refractivity contribution in [2.75, 3.05) is 20.2 Å². The third kappa shape index (κ3) is 6.08. The number of halogens is 2. The van der Waals surface area contributed by atoms with Crippen LogP contribution in [0.5, 0.6) is 5.75 Å². The summed E-state index contributed by atoms with van der Waals surface area (Å²) in [7, 11) is 1.39. The maximum Gasteiger partial charge on any atom is 0.256 e. The molecule has 0 aromatic heterocycles. The zero-order valence-electron chi connectivity index (χ0n) is 12.9. The van der Waals surface area contributed by atoms with Crippen molar-refractivity contribution in [3.05, 3.63) is 27.7 Å². The van der Waals surface area contributed by atoms with Crippen LogP contribution in [-0.4, -0.2) is 37.8 Å². The van der Waals surface area contributed by atoms with E-state index < -0.39 is 5.91 Å². The van der Waals surface area contributed by atoms with Gasteiger partial charge in [-0.3, -0.25) is 9.59 Å². The minimum atomic E-state index is -0.452. The summed E-state index contributed by atoms with van der Waals surface area (Å²) in [6.45, 7) is 1.87. The molecule has 1 aromatic carbocycles. The van der Waals surface area contributed by atoms with Gasteiger partial charge in [-0.05, 0) is 19.1 Å². The van der Waals surface area contributed by atoms with Crippen molar-refractivity contribution < 1.29 is 19.1 Å². The molecule has 0 aliphatic heterocycles. The highest BCUT2D eigenvalue weighted by Gasteiger charge is 2.19. The van der Waals surface area contributed by atoms with E-state index in [1.165, 1.54) is 26.2 Å². The minimum Gasteiger partial charge on any atom is -0.494 e. The monoisotopic (exact) mass is 360 g/mol. The third-order valence-electron chi connectivity index (χ3n) is 2.93. The Balaban J connectivity index is 2.51. The zero-order valence-corrected chi connectivity index (χ0v) is 14.4. The fourth-order valence-electron chi connectivity index (χ4n) is 1.79. The van der Waals surface area contributed by atoms with Crippen molar-refractivity contribution in [1.29, 1.82) is 0 Å². The summed E-state index contributed by atoms with van der Waals surface area (Å²) in [5.74, 6) is -0.543. The normalized spacial score (nSPS) is 10.1. The molecule has 0 unspecified atom stereocenters. The first kappa shape index (κ1) is 19.3. The summed E-state index contributed by atoms with van der Waals surface area (Å²) in [5, 5.41) is 5.72. The van der Waals surface area contributed by atoms with Gasteiger partial charge in [0, 0.05) is 25.9 Å². The molecule has 0 fully saturated rings. The molecular weight excluding hydrogens is 343 g/mol. The molecule has 0 radical (unpaired) electrons. The van der Waals surface area contributed by atoms with E-state index in [1.54, 1.807) is 0 Å². The van der Waals surface area contributed by atoms with E-state index in [1.807, 2.05) is 0 Å². The second-order valence-electron chi connectivity index (χ2n) is 4.75. The SMILES string of the molecule is COc1c(Cl)ccc(Cl)c1C(=O)NCCNC(=O)CCC(C)=O. The van der Waals surface area contributed by atoms with Crippen LogP contribution in [0.2, 0.25) is 10.0 Å². The Hall–Kier alpha value is -1.79. The third-order valence-corrected chi connectivity index (χ3v) is 3.54. The van der Waals surface area contributed by atoms with Crippen LogP contribution in [0.15, 0.2) is 12.1 Å². The summed E-state index contributed by atoms with van der Waals surface area (Å²) >= 11 is 12.0. The van der Waals surface area contributed by atoms with Crippen molar-refractivity contribution in [1.82, 2.24) is 10.6 Å². The summed E-state index contributed by atoms with van der Waals surface area (Å²) in [4.78, 5) is 34.4. The molecule has 126 valence electrons. The lowest BCUT2D eigenvalue weighted by Crippen LogP contribution is -2.35. The van der Waals surface area contributed by atoms with Gasteiger partial charge in [-0.25, -0.2) is 0 Å². The fraction of sp³-hybridized carbons (Fsp3) is 0.400. The Kier molecular flexibility index (Phi) is 7.85. The summed E-state index contributed by atoms with van der Waals surface area (Å²) in [6, 6.07) is 3.04. The molecule has 0 saturated carbocycles. The summed E-state index contributed by atoms with van der Waals surface area (Å²) < 4.78 is 5.10. The van der Waals surface area contributed by atoms with Gasteiger partial charge in [-0.15, -0.1) is 0 Å². The number of carbonyl (C=O) groups excluding carboxylic acids is 3. The summed E-state index contributed by atoms with van der Waals surface area (Å²) in [6.07, 6.45) is 0.338. The molecule has 0 saturated heterocycles. The highest BCUT2D eigenvalue weighted by atomic mass is 35.5. The van der Waals surface area contributed by atoms with Gasteiger partial charge in [-0.2, -0.15) is 0 Å². The van der Waals surface area contributed by atoms with Crippen molar-refractivity contribution in [2.24, 2.45) is 0 Å². The number of nitrogens with one attached hydrogen (secondary N) is 2. The van der Waals surface area contributed by atoms with Crippen LogP contribution in [0, 0.1) is 0 Å². The Morgan fingerprint density at radius 3 is 2.26 bits per heavy atom. The van der Waals surface area contributed by atoms with Gasteiger partial charge < -0.3 is 20.2 Å². The number of hydrogen-bond acceptors (Lipinski definition) is 4. The van der Waals surface area contributed by atoms with Gasteiger partial charge in [0.15, 0.2) is 5.75 Å². The Bertz CT molecular complexity index is 605. The molecule has 0 aliphatic carbocycles. The lowest BCUT2D eigenvalue weighted by Gasteiger charge is -2.12. The van der Waals surface area contributed by atoms with Gasteiger partial charge in [0.05, 0.1) is 17.2 Å². The molecule has 1 aromatic rings. The standard InChI is InChI=1S/C15H18Cl2N2O4/c1-9(20)3-6-12(21)18-7-8-19-15(22)13-10(16)4-5-11(17)14(13)23-2/h4-5H,3,6-8H2,1-2H3,(H,18,21)(H,19,22). The van der Waals surface area contributed by atoms with Crippen molar-refractivity contribution in [3.63, 3.8) is 0 Å². The Labute approximate surface area is 144 Å². The molecule has 6 nitrogen and oxygen atoms in total. The predicted octanol–water partition coefficient (Wildman–Crippen LogP) is 2.22. The van der Waals surface area contributed by atoms with Gasteiger partial charge >= 0.3 is 0 Å². The number of amides is 2. The zero-order chi connectivity index (χ0) is 17.4. The number of carbonyl (C=O) groups is 3. The smallest absolute Gasteiger partial charge is 0.256 e. The van der Waals surface area contributed by atoms with Gasteiger partial charge in [0.1, 0.15) is 11.3 Å². The quantitative estimate of drug-likeness (QED) is 0.696. The number of Topliss-reactive ketones (excluding diaryl/α,β-unsaturated/α-hetero) is 1. The van der Waals surface area contributed by atoms with Gasteiger partial charge in [0.25, 0.3) is 5.91 Å². The van der Waals surface area contributed by atoms with E-state index in [2.05, 4.69) is 10.6 Å². The molecular formula is C15H18Cl2N2O4. The van der Waals surface area contributed by atoms with Crippen molar-refractivity contribution in [3.8, 4) is 5.75 Å². The van der Waals surface area contributed by atoms with Crippen LogP contribution < -0.4 is 15.4 Å². The highest BCUT2D eigenvalue weighted by Crippen LogP contribution is 2.33. The van der Waals surface area contributed by atoms with Crippen LogP contribution >= 0.6 is 23.2 Å². The first-order valence-electron chi connectivity index (χ1n) is 6.93. The average Bonchev–Trinajstić information content (AvgIpc) is 2.51. The molecule has 0 heterocycles. The lowest BCUT2D eigenvalue weighted by atomic mass is 10.2. The summed E-state index contributed by atoms with van der Waals surface area (Å²) in [5.41, 5.74) is 0.143. The number of ether oxygens (including phenoxy) is 1. The maximum atomic E-state index is 12.2. The number of methoxy groups -OCH3 is 1. The largest absolute Gasteiger partial charge is 0.494 e. The number of ketones is 1. The van der Waals surface area contributed by atoms with Crippen LogP contribution in [0.4, 0.5) is 0 Å². The fourth-order valence-corrected chi connectivity index (χ4v) is 2.26. The van der Waals surface area contributed by atoms with Crippen LogP contribution in [0.3, 0.4) is 0 Å². The molecule has 8 heteroatoms. The van der Waals surface area contributed by atoms with Crippen molar-refractivity contribution in [2.45, 2.75) is 19.8 Å². The molecule has 2 N–H and O–H groups in total. The van der Waals surface area contributed by atoms with E-state index in [0.29, 0.717) is 0 Å². The van der Waals surface area contributed by atoms with Crippen LogP contribution in [0.25, 0.3) is 0 Å².